The highest BCUT2D eigenvalue weighted by Crippen LogP contribution is 2.21. The number of fused-ring (bicyclic) bond motifs is 1. The fourth-order valence-electron chi connectivity index (χ4n) is 2.69. The molecule has 4 aromatic rings. The molecule has 0 aliphatic carbocycles. The van der Waals surface area contributed by atoms with Crippen LogP contribution in [0, 0.1) is 5.82 Å². The average Bonchev–Trinajstić information content (AvgIpc) is 3.17. The predicted molar refractivity (Wildman–Crippen MR) is 93.4 cm³/mol. The number of amides is 1. The molecule has 1 amide bonds. The predicted octanol–water partition coefficient (Wildman–Crippen LogP) is 2.91. The van der Waals surface area contributed by atoms with Crippen molar-refractivity contribution in [3.63, 3.8) is 0 Å². The van der Waals surface area contributed by atoms with Gasteiger partial charge in [0.1, 0.15) is 5.82 Å². The maximum absolute atomic E-state index is 13.1. The fraction of sp³-hybridized carbons (Fsp3) is 0.0556. The van der Waals surface area contributed by atoms with Crippen LogP contribution in [-0.2, 0) is 7.05 Å². The van der Waals surface area contributed by atoms with Crippen LogP contribution in [-0.4, -0.2) is 20.7 Å². The van der Waals surface area contributed by atoms with Gasteiger partial charge in [-0.2, -0.15) is 5.10 Å². The van der Waals surface area contributed by atoms with Crippen molar-refractivity contribution >= 4 is 22.7 Å². The maximum Gasteiger partial charge on any atom is 0.417 e. The molecule has 2 aromatic heterocycles. The van der Waals surface area contributed by atoms with E-state index in [-0.39, 0.29) is 11.5 Å². The van der Waals surface area contributed by atoms with Gasteiger partial charge in [-0.3, -0.25) is 14.5 Å². The van der Waals surface area contributed by atoms with Crippen LogP contribution in [0.3, 0.4) is 0 Å². The maximum atomic E-state index is 13.1. The minimum atomic E-state index is -0.558. The number of carbonyl (C=O) groups is 1. The molecule has 4 rings (SSSR count). The quantitative estimate of drug-likeness (QED) is 0.593. The molecule has 0 fully saturated rings. The van der Waals surface area contributed by atoms with Gasteiger partial charge in [0, 0.05) is 18.8 Å². The summed E-state index contributed by atoms with van der Waals surface area (Å²) in [7, 11) is 1.70. The van der Waals surface area contributed by atoms with Crippen molar-refractivity contribution in [2.24, 2.45) is 7.05 Å². The number of H-pyrrole nitrogens is 1. The van der Waals surface area contributed by atoms with Gasteiger partial charge in [-0.1, -0.05) is 0 Å². The van der Waals surface area contributed by atoms with Gasteiger partial charge in [-0.05, 0) is 48.0 Å². The van der Waals surface area contributed by atoms with Crippen LogP contribution in [0.4, 0.5) is 10.1 Å². The Bertz CT molecular complexity index is 1170. The van der Waals surface area contributed by atoms with E-state index in [2.05, 4.69) is 15.4 Å². The zero-order chi connectivity index (χ0) is 18.3. The fourth-order valence-corrected chi connectivity index (χ4v) is 2.69. The molecule has 2 heterocycles. The first-order valence-corrected chi connectivity index (χ1v) is 7.74. The van der Waals surface area contributed by atoms with E-state index in [0.29, 0.717) is 22.5 Å². The molecule has 0 radical (unpaired) electrons. The normalized spacial score (nSPS) is 11.0. The summed E-state index contributed by atoms with van der Waals surface area (Å²) in [5, 5.41) is 6.91. The molecule has 0 aliphatic rings. The summed E-state index contributed by atoms with van der Waals surface area (Å²) in [4.78, 5) is 26.2. The van der Waals surface area contributed by atoms with Crippen molar-refractivity contribution < 1.29 is 13.6 Å². The first-order valence-electron chi connectivity index (χ1n) is 7.74. The van der Waals surface area contributed by atoms with Crippen LogP contribution >= 0.6 is 0 Å². The number of oxazole rings is 1. The van der Waals surface area contributed by atoms with Gasteiger partial charge in [0.2, 0.25) is 0 Å². The third kappa shape index (κ3) is 2.88. The molecule has 0 bridgehead atoms. The molecule has 0 unspecified atom stereocenters. The van der Waals surface area contributed by atoms with E-state index >= 15 is 0 Å². The molecular formula is C18H13FN4O3. The second kappa shape index (κ2) is 5.99. The first kappa shape index (κ1) is 15.8. The number of aryl methyl sites for hydroxylation is 1. The Labute approximate surface area is 146 Å². The van der Waals surface area contributed by atoms with Gasteiger partial charge in [0.05, 0.1) is 11.2 Å². The summed E-state index contributed by atoms with van der Waals surface area (Å²) in [5.41, 5.74) is 3.00. The standard InChI is InChI=1S/C18H13FN4O3/c1-23-15(10-2-4-11(19)5-3-10)9-14(22-23)17(24)20-12-6-7-13-16(8-12)26-18(25)21-13/h2-9H,1H3,(H,20,24)(H,21,25). The second-order valence-corrected chi connectivity index (χ2v) is 5.72. The largest absolute Gasteiger partial charge is 0.417 e. The summed E-state index contributed by atoms with van der Waals surface area (Å²) >= 11 is 0. The molecular weight excluding hydrogens is 339 g/mol. The van der Waals surface area contributed by atoms with E-state index in [4.69, 9.17) is 4.42 Å². The summed E-state index contributed by atoms with van der Waals surface area (Å²) in [5.74, 6) is -1.30. The number of aromatic amines is 1. The van der Waals surface area contributed by atoms with Crippen molar-refractivity contribution in [2.45, 2.75) is 0 Å². The highest BCUT2D eigenvalue weighted by Gasteiger charge is 2.15. The van der Waals surface area contributed by atoms with E-state index in [9.17, 15) is 14.0 Å². The van der Waals surface area contributed by atoms with Crippen LogP contribution < -0.4 is 11.1 Å². The van der Waals surface area contributed by atoms with E-state index < -0.39 is 11.7 Å². The highest BCUT2D eigenvalue weighted by atomic mass is 19.1. The lowest BCUT2D eigenvalue weighted by Gasteiger charge is -2.02. The lowest BCUT2D eigenvalue weighted by molar-refractivity contribution is 0.102. The van der Waals surface area contributed by atoms with Crippen LogP contribution in [0.5, 0.6) is 0 Å². The van der Waals surface area contributed by atoms with Crippen LogP contribution in [0.1, 0.15) is 10.5 Å². The van der Waals surface area contributed by atoms with Gasteiger partial charge in [-0.15, -0.1) is 0 Å². The summed E-state index contributed by atoms with van der Waals surface area (Å²) in [6.07, 6.45) is 0. The number of carbonyl (C=O) groups excluding carboxylic acids is 1. The topological polar surface area (TPSA) is 92.9 Å². The smallest absolute Gasteiger partial charge is 0.408 e. The Hall–Kier alpha value is -3.68. The number of nitrogens with one attached hydrogen (secondary N) is 2. The van der Waals surface area contributed by atoms with E-state index in [1.807, 2.05) is 0 Å². The van der Waals surface area contributed by atoms with Crippen LogP contribution in [0.25, 0.3) is 22.4 Å². The molecule has 2 N–H and O–H groups in total. The highest BCUT2D eigenvalue weighted by molar-refractivity contribution is 6.04. The van der Waals surface area contributed by atoms with Gasteiger partial charge >= 0.3 is 5.76 Å². The third-order valence-electron chi connectivity index (χ3n) is 3.93. The summed E-state index contributed by atoms with van der Waals surface area (Å²) < 4.78 is 19.6. The Morgan fingerprint density at radius 1 is 1.19 bits per heavy atom. The van der Waals surface area contributed by atoms with Crippen molar-refractivity contribution in [1.82, 2.24) is 14.8 Å². The van der Waals surface area contributed by atoms with E-state index in [1.54, 1.807) is 48.1 Å². The molecule has 0 spiro atoms. The molecule has 0 saturated heterocycles. The number of hydrogen-bond donors (Lipinski definition) is 2. The summed E-state index contributed by atoms with van der Waals surface area (Å²) in [6, 6.07) is 12.4. The SMILES string of the molecule is Cn1nc(C(=O)Nc2ccc3[nH]c(=O)oc3c2)cc1-c1ccc(F)cc1. The lowest BCUT2D eigenvalue weighted by atomic mass is 10.1. The minimum absolute atomic E-state index is 0.211. The molecule has 8 heteroatoms. The van der Waals surface area contributed by atoms with Crippen LogP contribution in [0.2, 0.25) is 0 Å². The van der Waals surface area contributed by atoms with Crippen LogP contribution in [0.15, 0.2) is 57.7 Å². The molecule has 7 nitrogen and oxygen atoms in total. The van der Waals surface area contributed by atoms with Gasteiger partial charge in [0.15, 0.2) is 11.3 Å². The van der Waals surface area contributed by atoms with Crippen molar-refractivity contribution in [3.8, 4) is 11.3 Å². The first-order chi connectivity index (χ1) is 12.5. The molecule has 26 heavy (non-hydrogen) atoms. The second-order valence-electron chi connectivity index (χ2n) is 5.72. The zero-order valence-electron chi connectivity index (χ0n) is 13.6. The van der Waals surface area contributed by atoms with Gasteiger partial charge < -0.3 is 9.73 Å². The van der Waals surface area contributed by atoms with E-state index in [0.717, 1.165) is 5.56 Å². The summed E-state index contributed by atoms with van der Waals surface area (Å²) in [6.45, 7) is 0. The number of rotatable bonds is 3. The number of halogens is 1. The van der Waals surface area contributed by atoms with Crippen molar-refractivity contribution in [1.29, 1.82) is 0 Å². The van der Waals surface area contributed by atoms with Crippen molar-refractivity contribution in [3.05, 3.63) is 70.6 Å². The van der Waals surface area contributed by atoms with Gasteiger partial charge in [-0.25, -0.2) is 9.18 Å². The minimum Gasteiger partial charge on any atom is -0.408 e. The molecule has 2 aromatic carbocycles. The van der Waals surface area contributed by atoms with E-state index in [1.165, 1.54) is 12.1 Å². The zero-order valence-corrected chi connectivity index (χ0v) is 13.6. The Kier molecular flexibility index (Phi) is 3.65. The number of hydrogen-bond acceptors (Lipinski definition) is 4. The molecule has 0 aliphatic heterocycles. The monoisotopic (exact) mass is 352 g/mol. The Balaban J connectivity index is 1.60. The number of benzene rings is 2. The lowest BCUT2D eigenvalue weighted by Crippen LogP contribution is -2.12. The average molecular weight is 352 g/mol. The Morgan fingerprint density at radius 2 is 1.96 bits per heavy atom. The van der Waals surface area contributed by atoms with Crippen molar-refractivity contribution in [2.75, 3.05) is 5.32 Å². The Morgan fingerprint density at radius 3 is 2.73 bits per heavy atom. The molecule has 130 valence electrons. The number of anilines is 1. The third-order valence-corrected chi connectivity index (χ3v) is 3.93. The number of aromatic nitrogens is 3. The molecule has 0 saturated carbocycles. The number of nitrogens with zero attached hydrogens (tertiary/aromatic N) is 2. The van der Waals surface area contributed by atoms with Gasteiger partial charge in [0.25, 0.3) is 5.91 Å². The molecule has 0 atom stereocenters.